The molecule has 0 saturated carbocycles. The Morgan fingerprint density at radius 2 is 1.94 bits per heavy atom. The lowest BCUT2D eigenvalue weighted by atomic mass is 10.1. The van der Waals surface area contributed by atoms with Gasteiger partial charge < -0.3 is 15.2 Å². The van der Waals surface area contributed by atoms with Crippen molar-refractivity contribution in [1.29, 1.82) is 0 Å². The number of rotatable bonds is 7. The SMILES string of the molecule is CC(C)OCCNCC(O)c1ccc(Cl)cc1. The van der Waals surface area contributed by atoms with E-state index in [2.05, 4.69) is 5.32 Å². The molecule has 2 N–H and O–H groups in total. The minimum Gasteiger partial charge on any atom is -0.387 e. The topological polar surface area (TPSA) is 41.5 Å². The zero-order valence-corrected chi connectivity index (χ0v) is 11.1. The van der Waals surface area contributed by atoms with Crippen LogP contribution in [0.5, 0.6) is 0 Å². The van der Waals surface area contributed by atoms with Crippen LogP contribution >= 0.6 is 11.6 Å². The van der Waals surface area contributed by atoms with E-state index >= 15 is 0 Å². The quantitative estimate of drug-likeness (QED) is 0.737. The molecule has 1 unspecified atom stereocenters. The highest BCUT2D eigenvalue weighted by molar-refractivity contribution is 6.30. The third kappa shape index (κ3) is 6.03. The molecular formula is C13H20ClNO2. The van der Waals surface area contributed by atoms with Crippen molar-refractivity contribution in [3.63, 3.8) is 0 Å². The van der Waals surface area contributed by atoms with Crippen LogP contribution in [-0.2, 0) is 4.74 Å². The van der Waals surface area contributed by atoms with E-state index in [-0.39, 0.29) is 6.10 Å². The Morgan fingerprint density at radius 1 is 1.29 bits per heavy atom. The van der Waals surface area contributed by atoms with Gasteiger partial charge in [0.05, 0.1) is 18.8 Å². The number of aliphatic hydroxyl groups excluding tert-OH is 1. The van der Waals surface area contributed by atoms with Gasteiger partial charge in [0.1, 0.15) is 0 Å². The molecule has 0 fully saturated rings. The lowest BCUT2D eigenvalue weighted by Crippen LogP contribution is -2.26. The third-order valence-corrected chi connectivity index (χ3v) is 2.57. The van der Waals surface area contributed by atoms with E-state index < -0.39 is 6.10 Å². The molecule has 0 aliphatic carbocycles. The maximum absolute atomic E-state index is 9.87. The highest BCUT2D eigenvalue weighted by atomic mass is 35.5. The van der Waals surface area contributed by atoms with Crippen molar-refractivity contribution in [1.82, 2.24) is 5.32 Å². The summed E-state index contributed by atoms with van der Waals surface area (Å²) in [7, 11) is 0. The molecular weight excluding hydrogens is 238 g/mol. The van der Waals surface area contributed by atoms with Crippen molar-refractivity contribution in [2.24, 2.45) is 0 Å². The summed E-state index contributed by atoms with van der Waals surface area (Å²) in [6.45, 7) is 5.92. The first-order valence-electron chi connectivity index (χ1n) is 5.85. The molecule has 0 amide bonds. The molecule has 0 spiro atoms. The lowest BCUT2D eigenvalue weighted by molar-refractivity contribution is 0.0781. The molecule has 0 saturated heterocycles. The Kier molecular flexibility index (Phi) is 6.52. The zero-order valence-electron chi connectivity index (χ0n) is 10.3. The summed E-state index contributed by atoms with van der Waals surface area (Å²) >= 11 is 5.78. The Bertz CT molecular complexity index is 314. The second kappa shape index (κ2) is 7.67. The van der Waals surface area contributed by atoms with E-state index in [1.807, 2.05) is 26.0 Å². The van der Waals surface area contributed by atoms with Gasteiger partial charge in [0.15, 0.2) is 0 Å². The number of nitrogens with one attached hydrogen (secondary N) is 1. The number of hydrogen-bond acceptors (Lipinski definition) is 3. The first-order chi connectivity index (χ1) is 8.09. The van der Waals surface area contributed by atoms with Crippen LogP contribution in [0.25, 0.3) is 0 Å². The Balaban J connectivity index is 2.21. The molecule has 0 bridgehead atoms. The maximum atomic E-state index is 9.87. The van der Waals surface area contributed by atoms with Gasteiger partial charge in [-0.05, 0) is 31.5 Å². The van der Waals surface area contributed by atoms with Gasteiger partial charge in [-0.2, -0.15) is 0 Å². The van der Waals surface area contributed by atoms with E-state index in [0.717, 1.165) is 12.1 Å². The molecule has 0 aliphatic rings. The maximum Gasteiger partial charge on any atom is 0.0914 e. The van der Waals surface area contributed by atoms with Crippen LogP contribution in [0.1, 0.15) is 25.5 Å². The second-order valence-corrected chi connectivity index (χ2v) is 4.63. The van der Waals surface area contributed by atoms with Crippen LogP contribution in [0, 0.1) is 0 Å². The Hall–Kier alpha value is -0.610. The Labute approximate surface area is 108 Å². The van der Waals surface area contributed by atoms with Crippen LogP contribution < -0.4 is 5.32 Å². The van der Waals surface area contributed by atoms with Gasteiger partial charge in [-0.1, -0.05) is 23.7 Å². The molecule has 1 aromatic carbocycles. The molecule has 1 rings (SSSR count). The number of hydrogen-bond donors (Lipinski definition) is 2. The van der Waals surface area contributed by atoms with Crippen molar-refractivity contribution in [3.8, 4) is 0 Å². The minimum absolute atomic E-state index is 0.248. The summed E-state index contributed by atoms with van der Waals surface area (Å²) in [6.07, 6.45) is -0.260. The van der Waals surface area contributed by atoms with Crippen molar-refractivity contribution in [2.45, 2.75) is 26.1 Å². The van der Waals surface area contributed by atoms with Crippen LogP contribution in [0.15, 0.2) is 24.3 Å². The van der Waals surface area contributed by atoms with Crippen molar-refractivity contribution < 1.29 is 9.84 Å². The molecule has 1 aromatic rings. The van der Waals surface area contributed by atoms with E-state index in [9.17, 15) is 5.11 Å². The van der Waals surface area contributed by atoms with Gasteiger partial charge in [-0.25, -0.2) is 0 Å². The van der Waals surface area contributed by atoms with Crippen LogP contribution in [-0.4, -0.2) is 30.9 Å². The van der Waals surface area contributed by atoms with E-state index in [1.54, 1.807) is 12.1 Å². The first-order valence-corrected chi connectivity index (χ1v) is 6.23. The van der Waals surface area contributed by atoms with Crippen molar-refractivity contribution >= 4 is 11.6 Å². The lowest BCUT2D eigenvalue weighted by Gasteiger charge is -2.13. The monoisotopic (exact) mass is 257 g/mol. The van der Waals surface area contributed by atoms with Gasteiger partial charge in [0.25, 0.3) is 0 Å². The average molecular weight is 258 g/mol. The molecule has 0 aliphatic heterocycles. The minimum atomic E-state index is -0.508. The summed E-state index contributed by atoms with van der Waals surface area (Å²) in [5.41, 5.74) is 0.867. The van der Waals surface area contributed by atoms with Crippen LogP contribution in [0.3, 0.4) is 0 Å². The largest absolute Gasteiger partial charge is 0.387 e. The van der Waals surface area contributed by atoms with Crippen LogP contribution in [0.4, 0.5) is 0 Å². The van der Waals surface area contributed by atoms with E-state index in [1.165, 1.54) is 0 Å². The standard InChI is InChI=1S/C13H20ClNO2/c1-10(2)17-8-7-15-9-13(16)11-3-5-12(14)6-4-11/h3-6,10,13,15-16H,7-9H2,1-2H3. The summed E-state index contributed by atoms with van der Waals surface area (Å²) in [4.78, 5) is 0. The van der Waals surface area contributed by atoms with Gasteiger partial charge >= 0.3 is 0 Å². The molecule has 96 valence electrons. The fraction of sp³-hybridized carbons (Fsp3) is 0.538. The summed E-state index contributed by atoms with van der Waals surface area (Å²) in [5, 5.41) is 13.7. The smallest absolute Gasteiger partial charge is 0.0914 e. The Morgan fingerprint density at radius 3 is 2.53 bits per heavy atom. The molecule has 0 radical (unpaired) electrons. The van der Waals surface area contributed by atoms with Gasteiger partial charge in [-0.15, -0.1) is 0 Å². The van der Waals surface area contributed by atoms with Crippen molar-refractivity contribution in [3.05, 3.63) is 34.9 Å². The predicted molar refractivity (Wildman–Crippen MR) is 70.4 cm³/mol. The molecule has 3 nitrogen and oxygen atoms in total. The van der Waals surface area contributed by atoms with Crippen LogP contribution in [0.2, 0.25) is 5.02 Å². The molecule has 0 heterocycles. The first kappa shape index (κ1) is 14.5. The van der Waals surface area contributed by atoms with Gasteiger partial charge in [0.2, 0.25) is 0 Å². The molecule has 0 aromatic heterocycles. The molecule has 4 heteroatoms. The number of ether oxygens (including phenoxy) is 1. The summed E-state index contributed by atoms with van der Waals surface area (Å²) in [6, 6.07) is 7.22. The fourth-order valence-electron chi connectivity index (χ4n) is 1.41. The molecule has 1 atom stereocenters. The number of benzene rings is 1. The van der Waals surface area contributed by atoms with E-state index in [0.29, 0.717) is 18.2 Å². The normalized spacial score (nSPS) is 13.0. The highest BCUT2D eigenvalue weighted by Gasteiger charge is 2.06. The third-order valence-electron chi connectivity index (χ3n) is 2.32. The summed E-state index contributed by atoms with van der Waals surface area (Å²) in [5.74, 6) is 0. The number of halogens is 1. The van der Waals surface area contributed by atoms with E-state index in [4.69, 9.17) is 16.3 Å². The van der Waals surface area contributed by atoms with Gasteiger partial charge in [-0.3, -0.25) is 0 Å². The summed E-state index contributed by atoms with van der Waals surface area (Å²) < 4.78 is 5.38. The predicted octanol–water partition coefficient (Wildman–Crippen LogP) is 2.39. The van der Waals surface area contributed by atoms with Crippen molar-refractivity contribution in [2.75, 3.05) is 19.7 Å². The highest BCUT2D eigenvalue weighted by Crippen LogP contribution is 2.15. The second-order valence-electron chi connectivity index (χ2n) is 4.19. The fourth-order valence-corrected chi connectivity index (χ4v) is 1.53. The number of aliphatic hydroxyl groups is 1. The average Bonchev–Trinajstić information content (AvgIpc) is 2.29. The zero-order chi connectivity index (χ0) is 12.7. The molecule has 17 heavy (non-hydrogen) atoms. The van der Waals surface area contributed by atoms with Gasteiger partial charge in [0, 0.05) is 18.1 Å².